The van der Waals surface area contributed by atoms with Crippen LogP contribution in [0.1, 0.15) is 46.0 Å². The van der Waals surface area contributed by atoms with E-state index in [2.05, 4.69) is 24.5 Å². The van der Waals surface area contributed by atoms with Crippen LogP contribution in [-0.2, 0) is 9.53 Å². The zero-order valence-electron chi connectivity index (χ0n) is 12.3. The lowest BCUT2D eigenvalue weighted by Gasteiger charge is -2.31. The number of rotatable bonds is 4. The van der Waals surface area contributed by atoms with Gasteiger partial charge in [-0.05, 0) is 51.0 Å². The van der Waals surface area contributed by atoms with Gasteiger partial charge < -0.3 is 15.4 Å². The normalized spacial score (nSPS) is 30.8. The molecule has 2 aliphatic rings. The summed E-state index contributed by atoms with van der Waals surface area (Å²) >= 11 is 0. The van der Waals surface area contributed by atoms with Gasteiger partial charge >= 0.3 is 0 Å². The van der Waals surface area contributed by atoms with E-state index in [4.69, 9.17) is 4.74 Å². The smallest absolute Gasteiger partial charge is 0.221 e. The average Bonchev–Trinajstić information content (AvgIpc) is 2.42. The van der Waals surface area contributed by atoms with Gasteiger partial charge in [0, 0.05) is 31.7 Å². The molecule has 0 spiro atoms. The number of piperidine rings is 1. The summed E-state index contributed by atoms with van der Waals surface area (Å²) in [6, 6.07) is 0.630. The van der Waals surface area contributed by atoms with Crippen LogP contribution in [0.2, 0.25) is 0 Å². The van der Waals surface area contributed by atoms with E-state index in [0.717, 1.165) is 32.6 Å². The van der Waals surface area contributed by atoms with Crippen LogP contribution >= 0.6 is 0 Å². The molecule has 3 unspecified atom stereocenters. The maximum absolute atomic E-state index is 12.1. The molecule has 3 atom stereocenters. The van der Waals surface area contributed by atoms with Gasteiger partial charge in [-0.2, -0.15) is 0 Å². The van der Waals surface area contributed by atoms with Crippen LogP contribution in [0, 0.1) is 11.8 Å². The summed E-state index contributed by atoms with van der Waals surface area (Å²) in [6.07, 6.45) is 5.23. The molecular weight excluding hydrogens is 240 g/mol. The molecule has 110 valence electrons. The van der Waals surface area contributed by atoms with E-state index in [9.17, 15) is 4.79 Å². The minimum absolute atomic E-state index is 0.199. The van der Waals surface area contributed by atoms with Crippen molar-refractivity contribution in [3.63, 3.8) is 0 Å². The van der Waals surface area contributed by atoms with E-state index in [1.54, 1.807) is 0 Å². The zero-order chi connectivity index (χ0) is 13.7. The largest absolute Gasteiger partial charge is 0.381 e. The summed E-state index contributed by atoms with van der Waals surface area (Å²) in [4.78, 5) is 12.1. The summed E-state index contributed by atoms with van der Waals surface area (Å²) in [6.45, 7) is 7.10. The molecule has 2 aliphatic heterocycles. The van der Waals surface area contributed by atoms with Crippen molar-refractivity contribution in [2.45, 2.75) is 58.0 Å². The topological polar surface area (TPSA) is 50.4 Å². The third-order valence-electron chi connectivity index (χ3n) is 4.70. The minimum atomic E-state index is 0.199. The first-order valence-electron chi connectivity index (χ1n) is 7.77. The zero-order valence-corrected chi connectivity index (χ0v) is 12.3. The highest BCUT2D eigenvalue weighted by Crippen LogP contribution is 2.20. The van der Waals surface area contributed by atoms with Gasteiger partial charge in [-0.3, -0.25) is 4.79 Å². The van der Waals surface area contributed by atoms with Crippen molar-refractivity contribution < 1.29 is 9.53 Å². The Morgan fingerprint density at radius 1 is 1.37 bits per heavy atom. The highest BCUT2D eigenvalue weighted by Gasteiger charge is 2.26. The summed E-state index contributed by atoms with van der Waals surface area (Å²) in [5, 5.41) is 6.65. The van der Waals surface area contributed by atoms with Gasteiger partial charge in [-0.15, -0.1) is 0 Å². The Morgan fingerprint density at radius 2 is 2.11 bits per heavy atom. The Balaban J connectivity index is 1.73. The van der Waals surface area contributed by atoms with Gasteiger partial charge in [-0.1, -0.05) is 6.92 Å². The van der Waals surface area contributed by atoms with E-state index in [-0.39, 0.29) is 11.9 Å². The molecular formula is C15H28N2O2. The number of amides is 1. The van der Waals surface area contributed by atoms with Crippen LogP contribution in [0.4, 0.5) is 0 Å². The first-order chi connectivity index (χ1) is 9.16. The fraction of sp³-hybridized carbons (Fsp3) is 0.933. The van der Waals surface area contributed by atoms with Crippen LogP contribution in [0.25, 0.3) is 0 Å². The molecule has 0 bridgehead atoms. The molecule has 4 heteroatoms. The van der Waals surface area contributed by atoms with Crippen LogP contribution in [0.3, 0.4) is 0 Å². The van der Waals surface area contributed by atoms with Crippen molar-refractivity contribution in [1.29, 1.82) is 0 Å². The van der Waals surface area contributed by atoms with Crippen molar-refractivity contribution in [2.24, 2.45) is 11.8 Å². The van der Waals surface area contributed by atoms with Crippen molar-refractivity contribution in [3.8, 4) is 0 Å². The van der Waals surface area contributed by atoms with Crippen molar-refractivity contribution >= 4 is 5.91 Å². The second-order valence-corrected chi connectivity index (χ2v) is 6.19. The van der Waals surface area contributed by atoms with Gasteiger partial charge in [0.1, 0.15) is 0 Å². The third-order valence-corrected chi connectivity index (χ3v) is 4.70. The van der Waals surface area contributed by atoms with Crippen molar-refractivity contribution in [2.75, 3.05) is 19.8 Å². The van der Waals surface area contributed by atoms with E-state index < -0.39 is 0 Å². The number of carbonyl (C=O) groups is 1. The molecule has 2 fully saturated rings. The SMILES string of the molecule is CC1CCCNC1CC(=O)NC(C)C1CCOCC1. The summed E-state index contributed by atoms with van der Waals surface area (Å²) < 4.78 is 5.37. The van der Waals surface area contributed by atoms with Gasteiger partial charge in [-0.25, -0.2) is 0 Å². The van der Waals surface area contributed by atoms with Gasteiger partial charge in [0.25, 0.3) is 0 Å². The van der Waals surface area contributed by atoms with Crippen molar-refractivity contribution in [1.82, 2.24) is 10.6 Å². The molecule has 0 aromatic rings. The third kappa shape index (κ3) is 4.46. The van der Waals surface area contributed by atoms with E-state index >= 15 is 0 Å². The highest BCUT2D eigenvalue weighted by atomic mass is 16.5. The highest BCUT2D eigenvalue weighted by molar-refractivity contribution is 5.76. The summed E-state index contributed by atoms with van der Waals surface area (Å²) in [7, 11) is 0. The van der Waals surface area contributed by atoms with Crippen LogP contribution in [0.15, 0.2) is 0 Å². The number of hydrogen-bond donors (Lipinski definition) is 2. The first-order valence-corrected chi connectivity index (χ1v) is 7.77. The molecule has 2 rings (SSSR count). The number of hydrogen-bond acceptors (Lipinski definition) is 3. The Bertz CT molecular complexity index is 290. The monoisotopic (exact) mass is 268 g/mol. The molecule has 19 heavy (non-hydrogen) atoms. The maximum Gasteiger partial charge on any atom is 0.221 e. The Kier molecular flexibility index (Phi) is 5.64. The van der Waals surface area contributed by atoms with Crippen LogP contribution in [-0.4, -0.2) is 37.7 Å². The molecule has 0 saturated carbocycles. The molecule has 2 N–H and O–H groups in total. The molecule has 0 radical (unpaired) electrons. The molecule has 2 saturated heterocycles. The molecule has 2 heterocycles. The Morgan fingerprint density at radius 3 is 2.79 bits per heavy atom. The predicted molar refractivity (Wildman–Crippen MR) is 76.0 cm³/mol. The van der Waals surface area contributed by atoms with E-state index in [0.29, 0.717) is 24.3 Å². The second-order valence-electron chi connectivity index (χ2n) is 6.19. The lowest BCUT2D eigenvalue weighted by atomic mass is 9.89. The van der Waals surface area contributed by atoms with Crippen molar-refractivity contribution in [3.05, 3.63) is 0 Å². The quantitative estimate of drug-likeness (QED) is 0.816. The lowest BCUT2D eigenvalue weighted by Crippen LogP contribution is -2.46. The lowest BCUT2D eigenvalue weighted by molar-refractivity contribution is -0.123. The summed E-state index contributed by atoms with van der Waals surface area (Å²) in [5.41, 5.74) is 0. The minimum Gasteiger partial charge on any atom is -0.381 e. The number of ether oxygens (including phenoxy) is 1. The average molecular weight is 268 g/mol. The first kappa shape index (κ1) is 14.8. The van der Waals surface area contributed by atoms with Gasteiger partial charge in [0.2, 0.25) is 5.91 Å². The summed E-state index contributed by atoms with van der Waals surface area (Å²) in [5.74, 6) is 1.39. The molecule has 0 aromatic carbocycles. The van der Waals surface area contributed by atoms with Crippen LogP contribution < -0.4 is 10.6 Å². The Labute approximate surface area is 116 Å². The molecule has 0 aliphatic carbocycles. The van der Waals surface area contributed by atoms with Crippen LogP contribution in [0.5, 0.6) is 0 Å². The standard InChI is InChI=1S/C15H28N2O2/c1-11-4-3-7-16-14(11)10-15(18)17-12(2)13-5-8-19-9-6-13/h11-14,16H,3-10H2,1-2H3,(H,17,18). The number of nitrogens with one attached hydrogen (secondary N) is 2. The predicted octanol–water partition coefficient (Wildman–Crippen LogP) is 1.70. The fourth-order valence-corrected chi connectivity index (χ4v) is 3.23. The molecule has 0 aromatic heterocycles. The second kappa shape index (κ2) is 7.25. The van der Waals surface area contributed by atoms with Gasteiger partial charge in [0.05, 0.1) is 0 Å². The fourth-order valence-electron chi connectivity index (χ4n) is 3.23. The van der Waals surface area contributed by atoms with E-state index in [1.807, 2.05) is 0 Å². The molecule has 1 amide bonds. The maximum atomic E-state index is 12.1. The van der Waals surface area contributed by atoms with Gasteiger partial charge in [0.15, 0.2) is 0 Å². The van der Waals surface area contributed by atoms with E-state index in [1.165, 1.54) is 12.8 Å². The Hall–Kier alpha value is -0.610. The molecule has 4 nitrogen and oxygen atoms in total. The number of carbonyl (C=O) groups excluding carboxylic acids is 1.